The van der Waals surface area contributed by atoms with Crippen LogP contribution >= 0.6 is 0 Å². The predicted molar refractivity (Wildman–Crippen MR) is 84.3 cm³/mol. The molecule has 1 N–H and O–H groups in total. The Labute approximate surface area is 133 Å². The van der Waals surface area contributed by atoms with Crippen LogP contribution in [0.15, 0.2) is 47.5 Å². The molecule has 0 saturated carbocycles. The molecule has 0 bridgehead atoms. The summed E-state index contributed by atoms with van der Waals surface area (Å²) in [6.07, 6.45) is 1.50. The molecule has 2 heterocycles. The van der Waals surface area contributed by atoms with Crippen molar-refractivity contribution in [3.05, 3.63) is 54.1 Å². The molecule has 3 rings (SSSR count). The molecule has 0 atom stereocenters. The highest BCUT2D eigenvalue weighted by Crippen LogP contribution is 2.20. The van der Waals surface area contributed by atoms with Crippen LogP contribution in [-0.2, 0) is 10.0 Å². The van der Waals surface area contributed by atoms with Crippen LogP contribution in [0.3, 0.4) is 0 Å². The zero-order valence-corrected chi connectivity index (χ0v) is 13.4. The summed E-state index contributed by atoms with van der Waals surface area (Å²) in [6, 6.07) is 7.94. The lowest BCUT2D eigenvalue weighted by Crippen LogP contribution is -2.15. The van der Waals surface area contributed by atoms with E-state index in [1.807, 2.05) is 13.8 Å². The van der Waals surface area contributed by atoms with Gasteiger partial charge in [0.2, 0.25) is 0 Å². The second-order valence-corrected chi connectivity index (χ2v) is 7.07. The summed E-state index contributed by atoms with van der Waals surface area (Å²) < 4.78 is 41.7. The largest absolute Gasteiger partial charge is 0.263 e. The van der Waals surface area contributed by atoms with Gasteiger partial charge in [-0.25, -0.2) is 17.8 Å². The van der Waals surface area contributed by atoms with Gasteiger partial charge in [-0.3, -0.25) is 4.72 Å². The van der Waals surface area contributed by atoms with Gasteiger partial charge in [-0.15, -0.1) is 0 Å². The molecule has 0 fully saturated rings. The third-order valence-corrected chi connectivity index (χ3v) is 4.70. The molecule has 0 spiro atoms. The second kappa shape index (κ2) is 5.62. The maximum Gasteiger partial charge on any atom is 0.263 e. The summed E-state index contributed by atoms with van der Waals surface area (Å²) in [7, 11) is -3.84. The molecule has 0 aliphatic rings. The Bertz CT molecular complexity index is 949. The van der Waals surface area contributed by atoms with Gasteiger partial charge in [0.15, 0.2) is 5.65 Å². The van der Waals surface area contributed by atoms with Gasteiger partial charge in [0, 0.05) is 12.3 Å². The minimum Gasteiger partial charge on any atom is -0.263 e. The quantitative estimate of drug-likeness (QED) is 0.796. The van der Waals surface area contributed by atoms with Crippen LogP contribution in [0.1, 0.15) is 25.5 Å². The molecular formula is C15H15FN4O2S. The van der Waals surface area contributed by atoms with E-state index in [0.717, 1.165) is 17.8 Å². The zero-order chi connectivity index (χ0) is 16.6. The maximum atomic E-state index is 13.0. The number of hydrogen-bond donors (Lipinski definition) is 1. The fraction of sp³-hybridized carbons (Fsp3) is 0.200. The summed E-state index contributed by atoms with van der Waals surface area (Å²) in [5.74, 6) is -0.0339. The minimum absolute atomic E-state index is 0.0277. The molecule has 0 radical (unpaired) electrons. The van der Waals surface area contributed by atoms with Gasteiger partial charge in [0.25, 0.3) is 10.0 Å². The van der Waals surface area contributed by atoms with Crippen molar-refractivity contribution in [2.45, 2.75) is 24.7 Å². The van der Waals surface area contributed by atoms with E-state index in [-0.39, 0.29) is 16.6 Å². The number of nitrogens with zero attached hydrogens (tertiary/aromatic N) is 3. The van der Waals surface area contributed by atoms with E-state index in [1.165, 1.54) is 28.9 Å². The lowest BCUT2D eigenvalue weighted by molar-refractivity contribution is 0.599. The van der Waals surface area contributed by atoms with Crippen molar-refractivity contribution in [2.24, 2.45) is 0 Å². The molecule has 120 valence electrons. The second-order valence-electron chi connectivity index (χ2n) is 5.38. The summed E-state index contributed by atoms with van der Waals surface area (Å²) in [5, 5.41) is 4.37. The van der Waals surface area contributed by atoms with Crippen LogP contribution < -0.4 is 4.72 Å². The summed E-state index contributed by atoms with van der Waals surface area (Å²) in [5.41, 5.74) is 1.36. The van der Waals surface area contributed by atoms with Gasteiger partial charge in [-0.05, 0) is 36.2 Å². The molecule has 0 amide bonds. The number of fused-ring (bicyclic) bond motifs is 1. The van der Waals surface area contributed by atoms with Crippen molar-refractivity contribution in [2.75, 3.05) is 4.72 Å². The van der Waals surface area contributed by atoms with Crippen LogP contribution in [-0.4, -0.2) is 23.0 Å². The highest BCUT2D eigenvalue weighted by atomic mass is 32.2. The van der Waals surface area contributed by atoms with Gasteiger partial charge in [0.05, 0.1) is 10.6 Å². The Kier molecular flexibility index (Phi) is 3.77. The first-order valence-electron chi connectivity index (χ1n) is 7.00. The molecule has 2 aromatic heterocycles. The number of nitrogens with one attached hydrogen (secondary N) is 1. The normalized spacial score (nSPS) is 12.0. The van der Waals surface area contributed by atoms with E-state index < -0.39 is 15.8 Å². The molecule has 0 aliphatic heterocycles. The van der Waals surface area contributed by atoms with Crippen LogP contribution in [0.25, 0.3) is 5.65 Å². The summed E-state index contributed by atoms with van der Waals surface area (Å²) in [6.45, 7) is 3.98. The van der Waals surface area contributed by atoms with E-state index in [2.05, 4.69) is 14.8 Å². The van der Waals surface area contributed by atoms with Crippen molar-refractivity contribution in [1.82, 2.24) is 14.6 Å². The fourth-order valence-electron chi connectivity index (χ4n) is 2.08. The molecule has 3 aromatic rings. The number of anilines is 1. The molecule has 6 nitrogen and oxygen atoms in total. The Morgan fingerprint density at radius 1 is 1.17 bits per heavy atom. The van der Waals surface area contributed by atoms with Crippen LogP contribution in [0.4, 0.5) is 10.2 Å². The van der Waals surface area contributed by atoms with Gasteiger partial charge >= 0.3 is 0 Å². The van der Waals surface area contributed by atoms with Crippen molar-refractivity contribution in [3.63, 3.8) is 0 Å². The standard InChI is InChI=1S/C15H15FN4O2S/c1-10(2)13-9-15-17-8-7-14(20(15)18-13)19-23(21,22)12-5-3-11(16)4-6-12/h3-10,19H,1-2H3. The molecule has 1 aromatic carbocycles. The number of sulfonamides is 1. The molecular weight excluding hydrogens is 319 g/mol. The fourth-order valence-corrected chi connectivity index (χ4v) is 3.12. The van der Waals surface area contributed by atoms with Crippen molar-refractivity contribution < 1.29 is 12.8 Å². The van der Waals surface area contributed by atoms with Crippen molar-refractivity contribution in [1.29, 1.82) is 0 Å². The summed E-state index contributed by atoms with van der Waals surface area (Å²) in [4.78, 5) is 4.15. The number of aromatic nitrogens is 3. The predicted octanol–water partition coefficient (Wildman–Crippen LogP) is 2.79. The Hall–Kier alpha value is -2.48. The number of halogens is 1. The molecule has 8 heteroatoms. The monoisotopic (exact) mass is 334 g/mol. The number of benzene rings is 1. The zero-order valence-electron chi connectivity index (χ0n) is 12.6. The Balaban J connectivity index is 2.02. The lowest BCUT2D eigenvalue weighted by atomic mass is 10.1. The lowest BCUT2D eigenvalue weighted by Gasteiger charge is -2.09. The van der Waals surface area contributed by atoms with Crippen LogP contribution in [0, 0.1) is 5.82 Å². The first kappa shape index (κ1) is 15.4. The number of rotatable bonds is 4. The van der Waals surface area contributed by atoms with Crippen molar-refractivity contribution in [3.8, 4) is 0 Å². The Morgan fingerprint density at radius 3 is 2.52 bits per heavy atom. The Morgan fingerprint density at radius 2 is 1.87 bits per heavy atom. The molecule has 0 unspecified atom stereocenters. The van der Waals surface area contributed by atoms with Crippen LogP contribution in [0.5, 0.6) is 0 Å². The first-order chi connectivity index (χ1) is 10.9. The number of hydrogen-bond acceptors (Lipinski definition) is 4. The molecule has 0 saturated heterocycles. The molecule has 0 aliphatic carbocycles. The maximum absolute atomic E-state index is 13.0. The third-order valence-electron chi connectivity index (χ3n) is 3.33. The SMILES string of the molecule is CC(C)c1cc2nccc(NS(=O)(=O)c3ccc(F)cc3)n2n1. The third kappa shape index (κ3) is 3.02. The summed E-state index contributed by atoms with van der Waals surface area (Å²) >= 11 is 0. The van der Waals surface area contributed by atoms with Gasteiger partial charge in [-0.2, -0.15) is 9.61 Å². The van der Waals surface area contributed by atoms with E-state index in [1.54, 1.807) is 6.07 Å². The van der Waals surface area contributed by atoms with E-state index in [4.69, 9.17) is 0 Å². The average Bonchev–Trinajstić information content (AvgIpc) is 2.93. The molecule has 23 heavy (non-hydrogen) atoms. The highest BCUT2D eigenvalue weighted by Gasteiger charge is 2.17. The average molecular weight is 334 g/mol. The first-order valence-corrected chi connectivity index (χ1v) is 8.48. The highest BCUT2D eigenvalue weighted by molar-refractivity contribution is 7.92. The van der Waals surface area contributed by atoms with Crippen LogP contribution in [0.2, 0.25) is 0 Å². The van der Waals surface area contributed by atoms with Gasteiger partial charge in [-0.1, -0.05) is 13.8 Å². The smallest absolute Gasteiger partial charge is 0.263 e. The van der Waals surface area contributed by atoms with E-state index in [0.29, 0.717) is 5.65 Å². The van der Waals surface area contributed by atoms with Crippen molar-refractivity contribution >= 4 is 21.5 Å². The van der Waals surface area contributed by atoms with Gasteiger partial charge in [0.1, 0.15) is 11.6 Å². The topological polar surface area (TPSA) is 76.4 Å². The van der Waals surface area contributed by atoms with Gasteiger partial charge < -0.3 is 0 Å². The van der Waals surface area contributed by atoms with E-state index >= 15 is 0 Å². The minimum atomic E-state index is -3.84. The van der Waals surface area contributed by atoms with E-state index in [9.17, 15) is 12.8 Å².